The number of nitrogens with zero attached hydrogens (tertiary/aromatic N) is 1. The maximum absolute atomic E-state index is 11.8. The van der Waals surface area contributed by atoms with Crippen LogP contribution in [0.3, 0.4) is 0 Å². The molecule has 94 valence electrons. The first-order chi connectivity index (χ1) is 7.20. The van der Waals surface area contributed by atoms with Gasteiger partial charge in [0.1, 0.15) is 0 Å². The Bertz CT molecular complexity index is 254. The van der Waals surface area contributed by atoms with Crippen LogP contribution in [0.5, 0.6) is 0 Å². The molecule has 0 saturated carbocycles. The van der Waals surface area contributed by atoms with Crippen molar-refractivity contribution in [2.75, 3.05) is 13.1 Å². The fourth-order valence-corrected chi connectivity index (χ4v) is 1.42. The molecule has 4 heteroatoms. The monoisotopic (exact) mass is 228 g/mol. The van der Waals surface area contributed by atoms with Crippen molar-refractivity contribution in [1.82, 2.24) is 10.2 Å². The zero-order valence-electron chi connectivity index (χ0n) is 11.3. The number of amides is 2. The SMILES string of the molecule is CCN(C(=O)C(=O)NCC(C)C)C(C)(C)C. The summed E-state index contributed by atoms with van der Waals surface area (Å²) in [6.07, 6.45) is 0. The predicted molar refractivity (Wildman–Crippen MR) is 65.0 cm³/mol. The standard InChI is InChI=1S/C12H24N2O2/c1-7-14(12(4,5)6)11(16)10(15)13-8-9(2)3/h9H,7-8H2,1-6H3,(H,13,15). The van der Waals surface area contributed by atoms with Gasteiger partial charge in [0.25, 0.3) is 0 Å². The largest absolute Gasteiger partial charge is 0.348 e. The maximum atomic E-state index is 11.8. The molecule has 2 amide bonds. The van der Waals surface area contributed by atoms with E-state index in [9.17, 15) is 9.59 Å². The van der Waals surface area contributed by atoms with Gasteiger partial charge in [0, 0.05) is 18.6 Å². The molecule has 0 aliphatic heterocycles. The van der Waals surface area contributed by atoms with E-state index in [0.29, 0.717) is 19.0 Å². The van der Waals surface area contributed by atoms with Crippen molar-refractivity contribution >= 4 is 11.8 Å². The molecule has 0 aromatic carbocycles. The highest BCUT2D eigenvalue weighted by Gasteiger charge is 2.29. The Hall–Kier alpha value is -1.06. The van der Waals surface area contributed by atoms with Crippen LogP contribution in [-0.2, 0) is 9.59 Å². The van der Waals surface area contributed by atoms with E-state index in [1.807, 2.05) is 41.5 Å². The third-order valence-corrected chi connectivity index (χ3v) is 2.24. The van der Waals surface area contributed by atoms with Crippen LogP contribution in [0.25, 0.3) is 0 Å². The summed E-state index contributed by atoms with van der Waals surface area (Å²) in [5.41, 5.74) is -0.318. The Morgan fingerprint density at radius 3 is 2.06 bits per heavy atom. The third kappa shape index (κ3) is 4.64. The Labute approximate surface area is 98.4 Å². The summed E-state index contributed by atoms with van der Waals surface area (Å²) < 4.78 is 0. The average Bonchev–Trinajstić information content (AvgIpc) is 2.12. The first-order valence-corrected chi connectivity index (χ1v) is 5.80. The second-order valence-electron chi connectivity index (χ2n) is 5.32. The van der Waals surface area contributed by atoms with Gasteiger partial charge >= 0.3 is 11.8 Å². The van der Waals surface area contributed by atoms with Gasteiger partial charge in [-0.3, -0.25) is 9.59 Å². The van der Waals surface area contributed by atoms with Gasteiger partial charge in [-0.05, 0) is 33.6 Å². The highest BCUT2D eigenvalue weighted by molar-refractivity contribution is 6.35. The molecule has 0 atom stereocenters. The van der Waals surface area contributed by atoms with Crippen LogP contribution in [0.4, 0.5) is 0 Å². The van der Waals surface area contributed by atoms with Crippen LogP contribution in [0.2, 0.25) is 0 Å². The number of nitrogens with one attached hydrogen (secondary N) is 1. The van der Waals surface area contributed by atoms with Crippen molar-refractivity contribution in [3.63, 3.8) is 0 Å². The minimum Gasteiger partial charge on any atom is -0.348 e. The Balaban J connectivity index is 4.47. The molecule has 0 aromatic rings. The lowest BCUT2D eigenvalue weighted by Gasteiger charge is -2.34. The number of carbonyl (C=O) groups is 2. The molecule has 4 nitrogen and oxygen atoms in total. The molecule has 0 rings (SSSR count). The molecule has 0 radical (unpaired) electrons. The van der Waals surface area contributed by atoms with Crippen molar-refractivity contribution in [2.45, 2.75) is 47.1 Å². The zero-order valence-corrected chi connectivity index (χ0v) is 11.3. The zero-order chi connectivity index (χ0) is 12.9. The first-order valence-electron chi connectivity index (χ1n) is 5.80. The highest BCUT2D eigenvalue weighted by atomic mass is 16.2. The average molecular weight is 228 g/mol. The van der Waals surface area contributed by atoms with Gasteiger partial charge in [0.05, 0.1) is 0 Å². The predicted octanol–water partition coefficient (Wildman–Crippen LogP) is 1.41. The number of likely N-dealkylation sites (N-methyl/N-ethyl adjacent to an activating group) is 1. The Morgan fingerprint density at radius 1 is 1.25 bits per heavy atom. The van der Waals surface area contributed by atoms with E-state index in [1.165, 1.54) is 0 Å². The fraction of sp³-hybridized carbons (Fsp3) is 0.833. The van der Waals surface area contributed by atoms with Gasteiger partial charge in [-0.15, -0.1) is 0 Å². The van der Waals surface area contributed by atoms with Crippen LogP contribution in [0.15, 0.2) is 0 Å². The number of hydrogen-bond donors (Lipinski definition) is 1. The van der Waals surface area contributed by atoms with Gasteiger partial charge in [0.15, 0.2) is 0 Å². The summed E-state index contributed by atoms with van der Waals surface area (Å²) in [6.45, 7) is 12.7. The lowest BCUT2D eigenvalue weighted by Crippen LogP contribution is -2.51. The second-order valence-corrected chi connectivity index (χ2v) is 5.32. The number of rotatable bonds is 3. The molecule has 0 fully saturated rings. The normalized spacial score (nSPS) is 11.4. The molecule has 1 N–H and O–H groups in total. The molecular weight excluding hydrogens is 204 g/mol. The summed E-state index contributed by atoms with van der Waals surface area (Å²) >= 11 is 0. The number of hydrogen-bond acceptors (Lipinski definition) is 2. The number of carbonyl (C=O) groups excluding carboxylic acids is 2. The maximum Gasteiger partial charge on any atom is 0.312 e. The molecule has 0 unspecified atom stereocenters. The quantitative estimate of drug-likeness (QED) is 0.742. The Morgan fingerprint density at radius 2 is 1.75 bits per heavy atom. The van der Waals surface area contributed by atoms with E-state index in [2.05, 4.69) is 5.32 Å². The highest BCUT2D eigenvalue weighted by Crippen LogP contribution is 2.12. The van der Waals surface area contributed by atoms with E-state index in [4.69, 9.17) is 0 Å². The van der Waals surface area contributed by atoms with Gasteiger partial charge in [0.2, 0.25) is 0 Å². The third-order valence-electron chi connectivity index (χ3n) is 2.24. The summed E-state index contributed by atoms with van der Waals surface area (Å²) in [5.74, 6) is -0.609. The molecular formula is C12H24N2O2. The van der Waals surface area contributed by atoms with E-state index in [0.717, 1.165) is 0 Å². The van der Waals surface area contributed by atoms with Crippen LogP contribution in [0.1, 0.15) is 41.5 Å². The minimum atomic E-state index is -0.509. The van der Waals surface area contributed by atoms with Crippen LogP contribution in [-0.4, -0.2) is 35.3 Å². The molecule has 0 bridgehead atoms. The summed E-state index contributed by atoms with van der Waals surface area (Å²) in [7, 11) is 0. The summed E-state index contributed by atoms with van der Waals surface area (Å²) in [5, 5.41) is 2.64. The van der Waals surface area contributed by atoms with Gasteiger partial charge < -0.3 is 10.2 Å². The van der Waals surface area contributed by atoms with Gasteiger partial charge in [-0.1, -0.05) is 13.8 Å². The van der Waals surface area contributed by atoms with Crippen molar-refractivity contribution < 1.29 is 9.59 Å². The first kappa shape index (κ1) is 14.9. The van der Waals surface area contributed by atoms with Crippen LogP contribution in [0, 0.1) is 5.92 Å². The summed E-state index contributed by atoms with van der Waals surface area (Å²) in [4.78, 5) is 25.0. The molecule has 0 aliphatic carbocycles. The van der Waals surface area contributed by atoms with E-state index >= 15 is 0 Å². The van der Waals surface area contributed by atoms with E-state index in [1.54, 1.807) is 4.90 Å². The van der Waals surface area contributed by atoms with Gasteiger partial charge in [-0.2, -0.15) is 0 Å². The molecule has 0 aliphatic rings. The second kappa shape index (κ2) is 5.87. The summed E-state index contributed by atoms with van der Waals surface area (Å²) in [6, 6.07) is 0. The van der Waals surface area contributed by atoms with Crippen molar-refractivity contribution in [2.24, 2.45) is 5.92 Å². The fourth-order valence-electron chi connectivity index (χ4n) is 1.42. The van der Waals surface area contributed by atoms with E-state index < -0.39 is 11.8 Å². The molecule has 0 saturated heterocycles. The van der Waals surface area contributed by atoms with Crippen LogP contribution < -0.4 is 5.32 Å². The van der Waals surface area contributed by atoms with Crippen molar-refractivity contribution in [1.29, 1.82) is 0 Å². The van der Waals surface area contributed by atoms with Gasteiger partial charge in [-0.25, -0.2) is 0 Å². The van der Waals surface area contributed by atoms with E-state index in [-0.39, 0.29) is 5.54 Å². The van der Waals surface area contributed by atoms with Crippen molar-refractivity contribution in [3.05, 3.63) is 0 Å². The molecule has 0 heterocycles. The molecule has 0 aromatic heterocycles. The molecule has 0 spiro atoms. The lowest BCUT2D eigenvalue weighted by molar-refractivity contribution is -0.149. The lowest BCUT2D eigenvalue weighted by atomic mass is 10.1. The smallest absolute Gasteiger partial charge is 0.312 e. The molecule has 16 heavy (non-hydrogen) atoms. The Kier molecular flexibility index (Phi) is 5.48. The minimum absolute atomic E-state index is 0.318. The topological polar surface area (TPSA) is 49.4 Å². The van der Waals surface area contributed by atoms with Crippen molar-refractivity contribution in [3.8, 4) is 0 Å². The van der Waals surface area contributed by atoms with Crippen LogP contribution >= 0.6 is 0 Å².